The van der Waals surface area contributed by atoms with Crippen LogP contribution in [0, 0.1) is 0 Å². The van der Waals surface area contributed by atoms with E-state index in [9.17, 15) is 44.6 Å². The SMILES string of the molecule is CC/C=C\C/C=C\C/C=C\CCCCCC(=O)OC(COC(=O)CCCCCCCCCCCCCCCCCCCCC)COP(=O)(O)OC1C(O)C(O)C(O)C(O)C1O. The van der Waals surface area contributed by atoms with E-state index in [1.54, 1.807) is 0 Å². The van der Waals surface area contributed by atoms with Gasteiger partial charge in [0.05, 0.1) is 6.61 Å². The molecular formula is C47H85O13P. The lowest BCUT2D eigenvalue weighted by Crippen LogP contribution is -2.64. The Morgan fingerprint density at radius 1 is 0.525 bits per heavy atom. The highest BCUT2D eigenvalue weighted by Gasteiger charge is 2.51. The first-order valence-corrected chi connectivity index (χ1v) is 25.3. The lowest BCUT2D eigenvalue weighted by Gasteiger charge is -2.41. The molecule has 1 aliphatic rings. The maximum absolute atomic E-state index is 12.8. The van der Waals surface area contributed by atoms with Gasteiger partial charge in [0, 0.05) is 12.8 Å². The van der Waals surface area contributed by atoms with E-state index >= 15 is 0 Å². The third-order valence-corrected chi connectivity index (χ3v) is 12.0. The number of carbonyl (C=O) groups excluding carboxylic acids is 2. The fourth-order valence-corrected chi connectivity index (χ4v) is 8.16. The van der Waals surface area contributed by atoms with Crippen molar-refractivity contribution in [2.24, 2.45) is 0 Å². The van der Waals surface area contributed by atoms with E-state index in [1.807, 2.05) is 0 Å². The summed E-state index contributed by atoms with van der Waals surface area (Å²) in [5.74, 6) is -1.13. The molecule has 0 amide bonds. The maximum atomic E-state index is 12.8. The third kappa shape index (κ3) is 30.0. The summed E-state index contributed by atoms with van der Waals surface area (Å²) in [4.78, 5) is 35.7. The van der Waals surface area contributed by atoms with Gasteiger partial charge in [0.2, 0.25) is 0 Å². The molecule has 0 aromatic heterocycles. The number of allylic oxidation sites excluding steroid dienone is 6. The molecule has 1 saturated carbocycles. The van der Waals surface area contributed by atoms with Crippen molar-refractivity contribution in [2.75, 3.05) is 13.2 Å². The number of hydrogen-bond donors (Lipinski definition) is 6. The number of phosphoric ester groups is 1. The Bertz CT molecular complexity index is 1210. The van der Waals surface area contributed by atoms with Crippen LogP contribution in [0.15, 0.2) is 36.5 Å². The van der Waals surface area contributed by atoms with E-state index < -0.39 is 75.7 Å². The predicted molar refractivity (Wildman–Crippen MR) is 240 cm³/mol. The van der Waals surface area contributed by atoms with Crippen LogP contribution in [-0.4, -0.2) is 98.3 Å². The fourth-order valence-electron chi connectivity index (χ4n) is 7.18. The van der Waals surface area contributed by atoms with Gasteiger partial charge in [-0.05, 0) is 44.9 Å². The number of unbranched alkanes of at least 4 members (excludes halogenated alkanes) is 21. The van der Waals surface area contributed by atoms with Gasteiger partial charge in [0.25, 0.3) is 0 Å². The molecule has 0 aliphatic heterocycles. The smallest absolute Gasteiger partial charge is 0.462 e. The first-order chi connectivity index (χ1) is 29.4. The predicted octanol–water partition coefficient (Wildman–Crippen LogP) is 9.39. The molecule has 0 spiro atoms. The van der Waals surface area contributed by atoms with Gasteiger partial charge < -0.3 is 39.9 Å². The summed E-state index contributed by atoms with van der Waals surface area (Å²) in [6, 6.07) is 0. The van der Waals surface area contributed by atoms with Gasteiger partial charge in [-0.15, -0.1) is 0 Å². The Morgan fingerprint density at radius 3 is 1.43 bits per heavy atom. The van der Waals surface area contributed by atoms with E-state index in [0.717, 1.165) is 57.8 Å². The molecule has 14 heteroatoms. The van der Waals surface area contributed by atoms with Crippen molar-refractivity contribution in [1.29, 1.82) is 0 Å². The summed E-state index contributed by atoms with van der Waals surface area (Å²) in [6.07, 6.45) is 29.2. The molecule has 6 N–H and O–H groups in total. The molecular weight excluding hydrogens is 803 g/mol. The van der Waals surface area contributed by atoms with Crippen LogP contribution in [0.5, 0.6) is 0 Å². The number of phosphoric acid groups is 1. The van der Waals surface area contributed by atoms with Gasteiger partial charge in [-0.2, -0.15) is 0 Å². The fraction of sp³-hybridized carbons (Fsp3) is 0.830. The normalized spacial score (nSPS) is 22.3. The Labute approximate surface area is 368 Å². The Kier molecular flexibility index (Phi) is 35.0. The van der Waals surface area contributed by atoms with Gasteiger partial charge >= 0.3 is 19.8 Å². The molecule has 6 unspecified atom stereocenters. The van der Waals surface area contributed by atoms with Crippen LogP contribution in [-0.2, 0) is 32.7 Å². The summed E-state index contributed by atoms with van der Waals surface area (Å²) in [5.41, 5.74) is 0. The number of aliphatic hydroxyl groups is 5. The van der Waals surface area contributed by atoms with Crippen LogP contribution in [0.25, 0.3) is 0 Å². The Morgan fingerprint density at radius 2 is 0.934 bits per heavy atom. The van der Waals surface area contributed by atoms with Crippen molar-refractivity contribution < 1.29 is 63.1 Å². The second kappa shape index (κ2) is 37.4. The molecule has 0 aromatic rings. The molecule has 0 radical (unpaired) electrons. The van der Waals surface area contributed by atoms with Gasteiger partial charge in [-0.1, -0.05) is 172 Å². The van der Waals surface area contributed by atoms with Gasteiger partial charge in [0.15, 0.2) is 6.10 Å². The molecule has 61 heavy (non-hydrogen) atoms. The van der Waals surface area contributed by atoms with Gasteiger partial charge in [-0.3, -0.25) is 18.6 Å². The minimum atomic E-state index is -5.12. The van der Waals surface area contributed by atoms with Crippen LogP contribution in [0.3, 0.4) is 0 Å². The molecule has 13 nitrogen and oxygen atoms in total. The number of hydrogen-bond acceptors (Lipinski definition) is 12. The van der Waals surface area contributed by atoms with Crippen molar-refractivity contribution in [2.45, 2.75) is 236 Å². The molecule has 0 aromatic carbocycles. The minimum Gasteiger partial charge on any atom is -0.462 e. The van der Waals surface area contributed by atoms with Crippen LogP contribution >= 0.6 is 7.82 Å². The van der Waals surface area contributed by atoms with Crippen LogP contribution in [0.4, 0.5) is 0 Å². The number of esters is 2. The number of carbonyl (C=O) groups is 2. The Hall–Kier alpha value is -1.93. The van der Waals surface area contributed by atoms with Crippen LogP contribution in [0.2, 0.25) is 0 Å². The van der Waals surface area contributed by atoms with Crippen molar-refractivity contribution in [3.05, 3.63) is 36.5 Å². The molecule has 1 aliphatic carbocycles. The van der Waals surface area contributed by atoms with E-state index in [-0.39, 0.29) is 12.8 Å². The highest BCUT2D eigenvalue weighted by molar-refractivity contribution is 7.47. The standard InChI is InChI=1S/C47H85O13P/c1-3-5-7-9-11-13-15-17-18-19-20-21-22-24-25-27-29-31-33-35-40(48)57-37-39(38-58-61(55,56)60-47-45(53)43(51)42(50)44(52)46(47)54)59-41(49)36-34-32-30-28-26-23-16-14-12-10-8-6-4-2/h6,8,12,14,23,26,39,42-47,50-54H,3-5,7,9-11,13,15-22,24-25,27-38H2,1-2H3,(H,55,56)/b8-6-,14-12-,26-23-. The third-order valence-electron chi connectivity index (χ3n) is 11.0. The molecule has 1 fully saturated rings. The number of rotatable bonds is 39. The van der Waals surface area contributed by atoms with Crippen molar-refractivity contribution in [1.82, 2.24) is 0 Å². The lowest BCUT2D eigenvalue weighted by molar-refractivity contribution is -0.220. The first-order valence-electron chi connectivity index (χ1n) is 23.8. The van der Waals surface area contributed by atoms with E-state index in [0.29, 0.717) is 12.8 Å². The zero-order valence-corrected chi connectivity index (χ0v) is 38.6. The monoisotopic (exact) mass is 889 g/mol. The number of ether oxygens (including phenoxy) is 2. The van der Waals surface area contributed by atoms with E-state index in [2.05, 4.69) is 50.3 Å². The molecule has 0 saturated heterocycles. The minimum absolute atomic E-state index is 0.0629. The zero-order valence-electron chi connectivity index (χ0n) is 37.7. The lowest BCUT2D eigenvalue weighted by atomic mass is 9.85. The summed E-state index contributed by atoms with van der Waals surface area (Å²) >= 11 is 0. The molecule has 356 valence electrons. The van der Waals surface area contributed by atoms with Crippen molar-refractivity contribution >= 4 is 19.8 Å². The summed E-state index contributed by atoms with van der Waals surface area (Å²) < 4.78 is 33.5. The molecule has 0 heterocycles. The van der Waals surface area contributed by atoms with Gasteiger partial charge in [0.1, 0.15) is 43.2 Å². The average molecular weight is 889 g/mol. The second-order valence-electron chi connectivity index (χ2n) is 16.6. The van der Waals surface area contributed by atoms with Gasteiger partial charge in [-0.25, -0.2) is 4.57 Å². The quantitative estimate of drug-likeness (QED) is 0.0147. The van der Waals surface area contributed by atoms with Crippen LogP contribution < -0.4 is 0 Å². The second-order valence-corrected chi connectivity index (χ2v) is 18.0. The highest BCUT2D eigenvalue weighted by atomic mass is 31.2. The summed E-state index contributed by atoms with van der Waals surface area (Å²) in [7, 11) is -5.12. The molecule has 1 rings (SSSR count). The highest BCUT2D eigenvalue weighted by Crippen LogP contribution is 2.47. The maximum Gasteiger partial charge on any atom is 0.472 e. The van der Waals surface area contributed by atoms with Crippen LogP contribution in [0.1, 0.15) is 194 Å². The average Bonchev–Trinajstić information content (AvgIpc) is 3.24. The first kappa shape index (κ1) is 57.1. The Balaban J connectivity index is 2.42. The van der Waals surface area contributed by atoms with Crippen molar-refractivity contribution in [3.63, 3.8) is 0 Å². The summed E-state index contributed by atoms with van der Waals surface area (Å²) in [6.45, 7) is 3.17. The van der Waals surface area contributed by atoms with E-state index in [1.165, 1.54) is 96.3 Å². The van der Waals surface area contributed by atoms with E-state index in [4.69, 9.17) is 18.5 Å². The molecule has 6 atom stereocenters. The van der Waals surface area contributed by atoms with Crippen molar-refractivity contribution in [3.8, 4) is 0 Å². The summed E-state index contributed by atoms with van der Waals surface area (Å²) in [5, 5.41) is 50.1. The zero-order chi connectivity index (χ0) is 45.0. The largest absolute Gasteiger partial charge is 0.472 e. The topological polar surface area (TPSA) is 210 Å². The molecule has 0 bridgehead atoms. The number of aliphatic hydroxyl groups excluding tert-OH is 5.